The predicted octanol–water partition coefficient (Wildman–Crippen LogP) is 5.97. The molecule has 29 heavy (non-hydrogen) atoms. The summed E-state index contributed by atoms with van der Waals surface area (Å²) in [4.78, 5) is 5.70. The molecule has 1 saturated carbocycles. The fraction of sp³-hybridized carbons (Fsp3) is 0.435. The van der Waals surface area contributed by atoms with Gasteiger partial charge in [0.15, 0.2) is 5.11 Å². The largest absolute Gasteiger partial charge is 0.467 e. The first-order valence-electron chi connectivity index (χ1n) is 10.4. The van der Waals surface area contributed by atoms with Crippen LogP contribution in [0.25, 0.3) is 10.9 Å². The van der Waals surface area contributed by atoms with Crippen molar-refractivity contribution < 1.29 is 4.42 Å². The molecule has 0 aliphatic heterocycles. The molecule has 1 aromatic carbocycles. The molecule has 0 bridgehead atoms. The molecule has 2 N–H and O–H groups in total. The van der Waals surface area contributed by atoms with Crippen molar-refractivity contribution in [1.29, 1.82) is 0 Å². The molecule has 1 aliphatic carbocycles. The van der Waals surface area contributed by atoms with Gasteiger partial charge in [0.05, 0.1) is 12.8 Å². The Kier molecular flexibility index (Phi) is 6.46. The number of aryl methyl sites for hydroxylation is 1. The second-order valence-corrected chi connectivity index (χ2v) is 8.78. The van der Waals surface area contributed by atoms with Crippen LogP contribution in [0.5, 0.6) is 0 Å². The molecule has 0 atom stereocenters. The molecule has 1 fully saturated rings. The Bertz CT molecular complexity index is 960. The number of H-pyrrole nitrogens is 1. The van der Waals surface area contributed by atoms with Gasteiger partial charge in [-0.3, -0.25) is 0 Å². The lowest BCUT2D eigenvalue weighted by Crippen LogP contribution is -2.45. The Labute approximate surface area is 182 Å². The van der Waals surface area contributed by atoms with E-state index in [1.165, 1.54) is 48.7 Å². The Hall–Kier alpha value is -1.98. The first-order valence-corrected chi connectivity index (χ1v) is 11.2. The molecular formula is C23H28ClN3OS. The van der Waals surface area contributed by atoms with Crippen molar-refractivity contribution in [2.75, 3.05) is 6.54 Å². The van der Waals surface area contributed by atoms with E-state index in [0.29, 0.717) is 12.6 Å². The van der Waals surface area contributed by atoms with E-state index in [0.717, 1.165) is 34.4 Å². The minimum Gasteiger partial charge on any atom is -0.467 e. The van der Waals surface area contributed by atoms with Crippen LogP contribution in [0.2, 0.25) is 5.02 Å². The monoisotopic (exact) mass is 429 g/mol. The number of fused-ring (bicyclic) bond motifs is 1. The molecule has 0 radical (unpaired) electrons. The Balaban J connectivity index is 1.50. The quantitative estimate of drug-likeness (QED) is 0.473. The number of thiocarbonyl (C=S) groups is 1. The summed E-state index contributed by atoms with van der Waals surface area (Å²) in [6.45, 7) is 3.62. The lowest BCUT2D eigenvalue weighted by Gasteiger charge is -2.30. The van der Waals surface area contributed by atoms with Crippen LogP contribution >= 0.6 is 23.8 Å². The number of furan rings is 1. The first kappa shape index (κ1) is 20.3. The van der Waals surface area contributed by atoms with Crippen molar-refractivity contribution in [3.05, 3.63) is 58.6 Å². The van der Waals surface area contributed by atoms with Crippen LogP contribution in [0.15, 0.2) is 41.0 Å². The molecule has 4 nitrogen and oxygen atoms in total. The Morgan fingerprint density at radius 3 is 2.86 bits per heavy atom. The van der Waals surface area contributed by atoms with E-state index in [2.05, 4.69) is 22.1 Å². The standard InChI is InChI=1S/C23H28ClN3OS/c1-16-20(21-14-17(24)9-10-22(21)25-16)11-12-27(15-19-8-5-13-28-19)23(29)26-18-6-3-2-4-7-18/h5,8-10,13-14,18,25H,2-4,6-7,11-12,15H2,1H3,(H,26,29). The van der Waals surface area contributed by atoms with Gasteiger partial charge in [0.2, 0.25) is 0 Å². The molecule has 1 aliphatic rings. The minimum absolute atomic E-state index is 0.490. The lowest BCUT2D eigenvalue weighted by atomic mass is 9.96. The number of hydrogen-bond acceptors (Lipinski definition) is 2. The number of halogens is 1. The molecule has 2 aromatic heterocycles. The zero-order valence-electron chi connectivity index (χ0n) is 16.8. The highest BCUT2D eigenvalue weighted by Crippen LogP contribution is 2.26. The summed E-state index contributed by atoms with van der Waals surface area (Å²) in [6, 6.07) is 10.4. The van der Waals surface area contributed by atoms with Crippen LogP contribution in [0, 0.1) is 6.92 Å². The van der Waals surface area contributed by atoms with E-state index in [4.69, 9.17) is 28.2 Å². The van der Waals surface area contributed by atoms with Gasteiger partial charge < -0.3 is 19.6 Å². The number of benzene rings is 1. The minimum atomic E-state index is 0.490. The van der Waals surface area contributed by atoms with E-state index in [9.17, 15) is 0 Å². The maximum atomic E-state index is 6.25. The number of aromatic amines is 1. The van der Waals surface area contributed by atoms with Gasteiger partial charge in [-0.25, -0.2) is 0 Å². The lowest BCUT2D eigenvalue weighted by molar-refractivity contribution is 0.342. The zero-order chi connectivity index (χ0) is 20.2. The molecule has 3 aromatic rings. The number of nitrogens with zero attached hydrogens (tertiary/aromatic N) is 1. The van der Waals surface area contributed by atoms with Gasteiger partial charge in [-0.15, -0.1) is 0 Å². The summed E-state index contributed by atoms with van der Waals surface area (Å²) in [5.41, 5.74) is 3.61. The first-order chi connectivity index (χ1) is 14.1. The molecule has 0 amide bonds. The SMILES string of the molecule is Cc1[nH]c2ccc(Cl)cc2c1CCN(Cc1ccco1)C(=S)NC1CCCCC1. The molecular weight excluding hydrogens is 402 g/mol. The molecule has 154 valence electrons. The van der Waals surface area contributed by atoms with Gasteiger partial charge in [0, 0.05) is 34.2 Å². The number of nitrogens with one attached hydrogen (secondary N) is 2. The molecule has 4 rings (SSSR count). The molecule has 0 spiro atoms. The highest BCUT2D eigenvalue weighted by molar-refractivity contribution is 7.80. The highest BCUT2D eigenvalue weighted by Gasteiger charge is 2.19. The second-order valence-electron chi connectivity index (χ2n) is 7.95. The van der Waals surface area contributed by atoms with Gasteiger partial charge in [0.25, 0.3) is 0 Å². The van der Waals surface area contributed by atoms with Gasteiger partial charge in [-0.05, 0) is 74.3 Å². The van der Waals surface area contributed by atoms with Crippen molar-refractivity contribution >= 4 is 39.8 Å². The highest BCUT2D eigenvalue weighted by atomic mass is 35.5. The second kappa shape index (κ2) is 9.23. The maximum absolute atomic E-state index is 6.25. The third-order valence-corrected chi connectivity index (χ3v) is 6.47. The van der Waals surface area contributed by atoms with Crippen molar-refractivity contribution in [2.24, 2.45) is 0 Å². The summed E-state index contributed by atoms with van der Waals surface area (Å²) >= 11 is 12.1. The van der Waals surface area contributed by atoms with Crippen LogP contribution in [0.1, 0.15) is 49.1 Å². The van der Waals surface area contributed by atoms with Crippen LogP contribution < -0.4 is 5.32 Å². The smallest absolute Gasteiger partial charge is 0.169 e. The van der Waals surface area contributed by atoms with E-state index in [-0.39, 0.29) is 0 Å². The van der Waals surface area contributed by atoms with Crippen molar-refractivity contribution in [3.8, 4) is 0 Å². The molecule has 0 saturated heterocycles. The number of aromatic nitrogens is 1. The summed E-state index contributed by atoms with van der Waals surface area (Å²) in [7, 11) is 0. The summed E-state index contributed by atoms with van der Waals surface area (Å²) in [5, 5.41) is 6.39. The van der Waals surface area contributed by atoms with Crippen LogP contribution in [0.4, 0.5) is 0 Å². The normalized spacial score (nSPS) is 15.0. The van der Waals surface area contributed by atoms with Gasteiger partial charge in [0.1, 0.15) is 5.76 Å². The van der Waals surface area contributed by atoms with Gasteiger partial charge in [-0.1, -0.05) is 30.9 Å². The number of hydrogen-bond donors (Lipinski definition) is 2. The van der Waals surface area contributed by atoms with Crippen molar-refractivity contribution in [3.63, 3.8) is 0 Å². The predicted molar refractivity (Wildman–Crippen MR) is 123 cm³/mol. The van der Waals surface area contributed by atoms with Crippen LogP contribution in [0.3, 0.4) is 0 Å². The Morgan fingerprint density at radius 1 is 1.28 bits per heavy atom. The molecule has 6 heteroatoms. The van der Waals surface area contributed by atoms with Gasteiger partial charge >= 0.3 is 0 Å². The average molecular weight is 430 g/mol. The van der Waals surface area contributed by atoms with E-state index in [1.807, 2.05) is 30.3 Å². The summed E-state index contributed by atoms with van der Waals surface area (Å²) in [5.74, 6) is 0.927. The average Bonchev–Trinajstić information content (AvgIpc) is 3.33. The van der Waals surface area contributed by atoms with Gasteiger partial charge in [-0.2, -0.15) is 0 Å². The fourth-order valence-electron chi connectivity index (χ4n) is 4.28. The zero-order valence-corrected chi connectivity index (χ0v) is 18.4. The van der Waals surface area contributed by atoms with E-state index < -0.39 is 0 Å². The number of rotatable bonds is 6. The Morgan fingerprint density at radius 2 is 2.10 bits per heavy atom. The topological polar surface area (TPSA) is 44.2 Å². The summed E-state index contributed by atoms with van der Waals surface area (Å²) < 4.78 is 5.60. The molecule has 0 unspecified atom stereocenters. The van der Waals surface area contributed by atoms with Crippen LogP contribution in [-0.2, 0) is 13.0 Å². The third-order valence-electron chi connectivity index (χ3n) is 5.86. The van der Waals surface area contributed by atoms with Crippen molar-refractivity contribution in [1.82, 2.24) is 15.2 Å². The summed E-state index contributed by atoms with van der Waals surface area (Å²) in [6.07, 6.45) is 8.92. The molecule has 2 heterocycles. The van der Waals surface area contributed by atoms with E-state index in [1.54, 1.807) is 6.26 Å². The fourth-order valence-corrected chi connectivity index (χ4v) is 4.77. The third kappa shape index (κ3) is 4.96. The van der Waals surface area contributed by atoms with E-state index >= 15 is 0 Å². The van der Waals surface area contributed by atoms with Crippen LogP contribution in [-0.4, -0.2) is 27.6 Å². The van der Waals surface area contributed by atoms with Crippen molar-refractivity contribution in [2.45, 2.75) is 58.0 Å². The maximum Gasteiger partial charge on any atom is 0.169 e.